The van der Waals surface area contributed by atoms with Crippen LogP contribution in [-0.2, 0) is 0 Å². The molecule has 30 heavy (non-hydrogen) atoms. The Morgan fingerprint density at radius 2 is 1.83 bits per heavy atom. The van der Waals surface area contributed by atoms with E-state index in [0.29, 0.717) is 12.1 Å². The molecule has 3 aromatic rings. The molecule has 2 aromatic heterocycles. The lowest BCUT2D eigenvalue weighted by Gasteiger charge is -2.41. The van der Waals surface area contributed by atoms with Gasteiger partial charge in [0.05, 0.1) is 17.6 Å². The van der Waals surface area contributed by atoms with E-state index in [2.05, 4.69) is 59.3 Å². The van der Waals surface area contributed by atoms with Crippen molar-refractivity contribution >= 4 is 10.9 Å². The molecule has 3 aliphatic rings. The summed E-state index contributed by atoms with van der Waals surface area (Å²) < 4.78 is 2.14. The van der Waals surface area contributed by atoms with Crippen molar-refractivity contribution in [1.29, 1.82) is 0 Å². The number of pyridine rings is 1. The van der Waals surface area contributed by atoms with E-state index in [4.69, 9.17) is 0 Å². The van der Waals surface area contributed by atoms with Crippen molar-refractivity contribution in [3.8, 4) is 0 Å². The maximum atomic E-state index is 4.61. The van der Waals surface area contributed by atoms with Gasteiger partial charge in [0.25, 0.3) is 0 Å². The van der Waals surface area contributed by atoms with Gasteiger partial charge >= 0.3 is 0 Å². The van der Waals surface area contributed by atoms with Gasteiger partial charge in [-0.1, -0.05) is 25.0 Å². The molecule has 0 spiro atoms. The van der Waals surface area contributed by atoms with Gasteiger partial charge in [-0.15, -0.1) is 5.10 Å². The average Bonchev–Trinajstić information content (AvgIpc) is 3.54. The van der Waals surface area contributed by atoms with Gasteiger partial charge in [0.1, 0.15) is 0 Å². The Labute approximate surface area is 177 Å². The smallest absolute Gasteiger partial charge is 0.173 e. The normalized spacial score (nSPS) is 24.5. The largest absolute Gasteiger partial charge is 0.298 e. The van der Waals surface area contributed by atoms with Gasteiger partial charge in [-0.2, -0.15) is 0 Å². The predicted octanol–water partition coefficient (Wildman–Crippen LogP) is 3.21. The molecule has 3 fully saturated rings. The van der Waals surface area contributed by atoms with Crippen LogP contribution in [-0.4, -0.2) is 67.2 Å². The van der Waals surface area contributed by atoms with Gasteiger partial charge in [-0.05, 0) is 66.4 Å². The van der Waals surface area contributed by atoms with Gasteiger partial charge in [-0.3, -0.25) is 14.8 Å². The van der Waals surface area contributed by atoms with E-state index >= 15 is 0 Å². The lowest BCUT2D eigenvalue weighted by atomic mass is 9.99. The molecule has 1 aromatic carbocycles. The third-order valence-corrected chi connectivity index (χ3v) is 7.36. The molecule has 2 atom stereocenters. The highest BCUT2D eigenvalue weighted by atomic mass is 15.6. The first-order chi connectivity index (χ1) is 14.9. The topological polar surface area (TPSA) is 63.0 Å². The Hall–Kier alpha value is -2.38. The van der Waals surface area contributed by atoms with Gasteiger partial charge in [0.2, 0.25) is 0 Å². The Morgan fingerprint density at radius 1 is 0.933 bits per heavy atom. The zero-order chi connectivity index (χ0) is 19.9. The maximum Gasteiger partial charge on any atom is 0.173 e. The molecule has 7 nitrogen and oxygen atoms in total. The van der Waals surface area contributed by atoms with Crippen LogP contribution >= 0.6 is 0 Å². The highest BCUT2D eigenvalue weighted by Gasteiger charge is 2.37. The minimum Gasteiger partial charge on any atom is -0.298 e. The molecule has 7 heteroatoms. The molecule has 0 amide bonds. The number of hydrogen-bond acceptors (Lipinski definition) is 6. The highest BCUT2D eigenvalue weighted by Crippen LogP contribution is 2.36. The van der Waals surface area contributed by atoms with Crippen LogP contribution in [0.25, 0.3) is 10.9 Å². The molecule has 0 radical (unpaired) electrons. The Kier molecular flexibility index (Phi) is 4.72. The number of rotatable bonds is 4. The van der Waals surface area contributed by atoms with E-state index in [0.717, 1.165) is 31.0 Å². The Balaban J connectivity index is 1.42. The Bertz CT molecular complexity index is 1030. The van der Waals surface area contributed by atoms with Gasteiger partial charge in [-0.25, -0.2) is 4.68 Å². The molecule has 2 saturated heterocycles. The third kappa shape index (κ3) is 3.20. The second-order valence-corrected chi connectivity index (χ2v) is 9.10. The van der Waals surface area contributed by atoms with Crippen molar-refractivity contribution in [3.63, 3.8) is 0 Å². The fourth-order valence-corrected chi connectivity index (χ4v) is 5.83. The lowest BCUT2D eigenvalue weighted by molar-refractivity contribution is 0.0787. The van der Waals surface area contributed by atoms with Crippen molar-refractivity contribution in [1.82, 2.24) is 35.0 Å². The van der Waals surface area contributed by atoms with Gasteiger partial charge < -0.3 is 0 Å². The second-order valence-electron chi connectivity index (χ2n) is 9.10. The number of tetrazole rings is 1. The summed E-state index contributed by atoms with van der Waals surface area (Å²) in [6.45, 7) is 4.54. The van der Waals surface area contributed by atoms with E-state index in [9.17, 15) is 0 Å². The van der Waals surface area contributed by atoms with E-state index in [-0.39, 0.29) is 6.04 Å². The molecular weight excluding hydrogens is 374 g/mol. The summed E-state index contributed by atoms with van der Waals surface area (Å²) in [5.41, 5.74) is 2.31. The summed E-state index contributed by atoms with van der Waals surface area (Å²) in [5.74, 6) is 1.01. The van der Waals surface area contributed by atoms with Crippen molar-refractivity contribution in [2.45, 2.75) is 56.7 Å². The highest BCUT2D eigenvalue weighted by molar-refractivity contribution is 5.79. The van der Waals surface area contributed by atoms with E-state index in [1.165, 1.54) is 56.0 Å². The fraction of sp³-hybridized carbons (Fsp3) is 0.565. The summed E-state index contributed by atoms with van der Waals surface area (Å²) in [7, 11) is 0. The van der Waals surface area contributed by atoms with Crippen molar-refractivity contribution in [3.05, 3.63) is 47.9 Å². The summed E-state index contributed by atoms with van der Waals surface area (Å²) >= 11 is 0. The Morgan fingerprint density at radius 3 is 2.77 bits per heavy atom. The van der Waals surface area contributed by atoms with Crippen LogP contribution in [0.3, 0.4) is 0 Å². The first kappa shape index (κ1) is 18.4. The average molecular weight is 404 g/mol. The first-order valence-corrected chi connectivity index (χ1v) is 11.5. The quantitative estimate of drug-likeness (QED) is 0.667. The van der Waals surface area contributed by atoms with Crippen LogP contribution in [0, 0.1) is 0 Å². The maximum absolute atomic E-state index is 4.61. The third-order valence-electron chi connectivity index (χ3n) is 7.36. The van der Waals surface area contributed by atoms with Crippen LogP contribution < -0.4 is 0 Å². The number of benzene rings is 1. The zero-order valence-corrected chi connectivity index (χ0v) is 17.4. The molecule has 0 bridgehead atoms. The molecule has 2 aliphatic heterocycles. The van der Waals surface area contributed by atoms with Gasteiger partial charge in [0.15, 0.2) is 5.82 Å². The molecule has 0 unspecified atom stereocenters. The molecule has 6 rings (SSSR count). The lowest BCUT2D eigenvalue weighted by Crippen LogP contribution is -2.51. The van der Waals surface area contributed by atoms with Crippen LogP contribution in [0.5, 0.6) is 0 Å². The first-order valence-electron chi connectivity index (χ1n) is 11.5. The summed E-state index contributed by atoms with van der Waals surface area (Å²) in [4.78, 5) is 9.81. The van der Waals surface area contributed by atoms with E-state index < -0.39 is 0 Å². The van der Waals surface area contributed by atoms with Crippen LogP contribution in [0.2, 0.25) is 0 Å². The molecule has 156 valence electrons. The second kappa shape index (κ2) is 7.71. The van der Waals surface area contributed by atoms with Crippen molar-refractivity contribution in [2.75, 3.05) is 26.2 Å². The van der Waals surface area contributed by atoms with E-state index in [1.54, 1.807) is 0 Å². The molecule has 1 saturated carbocycles. The number of aromatic nitrogens is 5. The SMILES string of the molecule is c1cnc2ccc([C@@H](c3nnnn3C3CCCC3)N3CCN4CCC[C@@H]4C3)cc2c1. The molecule has 4 heterocycles. The molecular formula is C23H29N7. The fourth-order valence-electron chi connectivity index (χ4n) is 5.83. The minimum atomic E-state index is 0.0907. The monoisotopic (exact) mass is 403 g/mol. The predicted molar refractivity (Wildman–Crippen MR) is 115 cm³/mol. The van der Waals surface area contributed by atoms with Crippen molar-refractivity contribution in [2.24, 2.45) is 0 Å². The summed E-state index contributed by atoms with van der Waals surface area (Å²) in [5, 5.41) is 14.4. The standard InChI is InChI=1S/C23H29N7/c1-2-7-19(6-1)30-23(25-26-27-30)22(29-14-13-28-12-4-8-20(28)16-29)18-9-10-21-17(15-18)5-3-11-24-21/h3,5,9-11,15,19-20,22H,1-2,4,6-8,12-14,16H2/t20-,22+/m1/s1. The van der Waals surface area contributed by atoms with Crippen LogP contribution in [0.4, 0.5) is 0 Å². The summed E-state index contributed by atoms with van der Waals surface area (Å²) in [6.07, 6.45) is 9.40. The number of fused-ring (bicyclic) bond motifs is 2. The summed E-state index contributed by atoms with van der Waals surface area (Å²) in [6, 6.07) is 12.0. The zero-order valence-electron chi connectivity index (χ0n) is 17.4. The number of piperazine rings is 1. The molecule has 0 N–H and O–H groups in total. The molecule has 1 aliphatic carbocycles. The minimum absolute atomic E-state index is 0.0907. The van der Waals surface area contributed by atoms with E-state index in [1.807, 2.05) is 12.3 Å². The van der Waals surface area contributed by atoms with Crippen LogP contribution in [0.1, 0.15) is 62.0 Å². The number of nitrogens with zero attached hydrogens (tertiary/aromatic N) is 7. The van der Waals surface area contributed by atoms with Crippen LogP contribution in [0.15, 0.2) is 36.5 Å². The van der Waals surface area contributed by atoms with Gasteiger partial charge in [0, 0.05) is 37.3 Å². The number of hydrogen-bond donors (Lipinski definition) is 0. The van der Waals surface area contributed by atoms with Crippen molar-refractivity contribution < 1.29 is 0 Å².